The maximum absolute atomic E-state index is 12.4. The summed E-state index contributed by atoms with van der Waals surface area (Å²) in [5.41, 5.74) is -0.281. The first-order chi connectivity index (χ1) is 10.4. The molecular weight excluding hydrogens is 310 g/mol. The van der Waals surface area contributed by atoms with Crippen LogP contribution in [0.25, 0.3) is 11.2 Å². The van der Waals surface area contributed by atoms with Crippen LogP contribution in [0.5, 0.6) is 0 Å². The van der Waals surface area contributed by atoms with Gasteiger partial charge in [0.25, 0.3) is 5.56 Å². The van der Waals surface area contributed by atoms with E-state index in [4.69, 9.17) is 16.7 Å². The largest absolute Gasteiger partial charge is 0.395 e. The molecule has 2 aromatic rings. The summed E-state index contributed by atoms with van der Waals surface area (Å²) in [7, 11) is 2.98. The van der Waals surface area contributed by atoms with Gasteiger partial charge < -0.3 is 15.0 Å². The monoisotopic (exact) mass is 327 g/mol. The molecule has 0 aliphatic carbocycles. The SMILES string of the molecule is C/C(Cl)=C\Cn1c(NCCO)nc2c1c(=O)n(C)c(=O)n2C. The number of halogens is 1. The van der Waals surface area contributed by atoms with Crippen LogP contribution in [-0.2, 0) is 20.6 Å². The molecule has 9 heteroatoms. The number of aliphatic hydroxyl groups is 1. The summed E-state index contributed by atoms with van der Waals surface area (Å²) in [5.74, 6) is 0.400. The predicted octanol–water partition coefficient (Wildman–Crippen LogP) is -0.0195. The molecule has 2 aromatic heterocycles. The minimum atomic E-state index is -0.445. The molecule has 0 aromatic carbocycles. The lowest BCUT2D eigenvalue weighted by atomic mass is 10.4. The van der Waals surface area contributed by atoms with Crippen LogP contribution in [0, 0.1) is 0 Å². The summed E-state index contributed by atoms with van der Waals surface area (Å²) in [4.78, 5) is 28.7. The lowest BCUT2D eigenvalue weighted by molar-refractivity contribution is 0.310. The standard InChI is InChI=1S/C13H18ClN5O3/c1-8(14)4-6-19-9-10(16-12(19)15-5-7-20)17(2)13(22)18(3)11(9)21/h4,20H,5-7H2,1-3H3,(H,15,16)/b8-4+. The van der Waals surface area contributed by atoms with Crippen molar-refractivity contribution in [2.45, 2.75) is 13.5 Å². The van der Waals surface area contributed by atoms with Gasteiger partial charge in [-0.2, -0.15) is 4.98 Å². The Morgan fingerprint density at radius 3 is 2.64 bits per heavy atom. The highest BCUT2D eigenvalue weighted by Gasteiger charge is 2.18. The quantitative estimate of drug-likeness (QED) is 0.805. The molecule has 0 saturated heterocycles. The van der Waals surface area contributed by atoms with Crippen LogP contribution >= 0.6 is 11.6 Å². The van der Waals surface area contributed by atoms with Gasteiger partial charge in [0.1, 0.15) is 0 Å². The fourth-order valence-corrected chi connectivity index (χ4v) is 2.21. The van der Waals surface area contributed by atoms with Crippen molar-refractivity contribution in [3.05, 3.63) is 31.9 Å². The highest BCUT2D eigenvalue weighted by molar-refractivity contribution is 6.29. The number of hydrogen-bond donors (Lipinski definition) is 2. The number of rotatable bonds is 5. The van der Waals surface area contributed by atoms with Gasteiger partial charge in [-0.3, -0.25) is 13.9 Å². The number of aromatic nitrogens is 4. The molecule has 2 N–H and O–H groups in total. The number of fused-ring (bicyclic) bond motifs is 1. The number of anilines is 1. The van der Waals surface area contributed by atoms with Crippen LogP contribution in [0.1, 0.15) is 6.92 Å². The van der Waals surface area contributed by atoms with E-state index >= 15 is 0 Å². The van der Waals surface area contributed by atoms with E-state index in [-0.39, 0.29) is 18.8 Å². The molecule has 2 rings (SSSR count). The number of nitrogens with zero attached hydrogens (tertiary/aromatic N) is 4. The molecule has 0 aliphatic rings. The zero-order chi connectivity index (χ0) is 16.4. The number of nitrogens with one attached hydrogen (secondary N) is 1. The van der Waals surface area contributed by atoms with E-state index in [2.05, 4.69) is 10.3 Å². The van der Waals surface area contributed by atoms with E-state index in [0.29, 0.717) is 23.0 Å². The van der Waals surface area contributed by atoms with Crippen molar-refractivity contribution in [2.24, 2.45) is 14.1 Å². The smallest absolute Gasteiger partial charge is 0.332 e. The second-order valence-corrected chi connectivity index (χ2v) is 5.46. The Morgan fingerprint density at radius 1 is 1.36 bits per heavy atom. The minimum Gasteiger partial charge on any atom is -0.395 e. The number of hydrogen-bond acceptors (Lipinski definition) is 5. The van der Waals surface area contributed by atoms with Crippen LogP contribution in [0.3, 0.4) is 0 Å². The number of allylic oxidation sites excluding steroid dienone is 2. The van der Waals surface area contributed by atoms with Gasteiger partial charge in [-0.05, 0) is 6.92 Å². The third-order valence-corrected chi connectivity index (χ3v) is 3.45. The molecule has 0 radical (unpaired) electrons. The van der Waals surface area contributed by atoms with Crippen molar-refractivity contribution in [3.63, 3.8) is 0 Å². The Kier molecular flexibility index (Phi) is 4.72. The van der Waals surface area contributed by atoms with Gasteiger partial charge in [0.05, 0.1) is 6.61 Å². The first kappa shape index (κ1) is 16.3. The molecule has 0 atom stereocenters. The summed E-state index contributed by atoms with van der Waals surface area (Å²) in [5, 5.41) is 12.5. The first-order valence-corrected chi connectivity index (χ1v) is 7.09. The first-order valence-electron chi connectivity index (χ1n) is 6.71. The molecule has 0 spiro atoms. The molecule has 0 amide bonds. The third-order valence-electron chi connectivity index (χ3n) is 3.30. The van der Waals surface area contributed by atoms with Gasteiger partial charge in [0.2, 0.25) is 5.95 Å². The lowest BCUT2D eigenvalue weighted by Gasteiger charge is -2.08. The maximum atomic E-state index is 12.4. The molecule has 0 unspecified atom stereocenters. The molecule has 0 saturated carbocycles. The van der Waals surface area contributed by atoms with E-state index < -0.39 is 11.2 Å². The van der Waals surface area contributed by atoms with Crippen molar-refractivity contribution in [1.82, 2.24) is 18.7 Å². The van der Waals surface area contributed by atoms with Crippen molar-refractivity contribution < 1.29 is 5.11 Å². The molecule has 2 heterocycles. The Balaban J connectivity index is 2.78. The highest BCUT2D eigenvalue weighted by Crippen LogP contribution is 2.16. The lowest BCUT2D eigenvalue weighted by Crippen LogP contribution is -2.37. The van der Waals surface area contributed by atoms with Gasteiger partial charge in [0.15, 0.2) is 11.2 Å². The van der Waals surface area contributed by atoms with E-state index in [9.17, 15) is 9.59 Å². The van der Waals surface area contributed by atoms with Crippen molar-refractivity contribution in [3.8, 4) is 0 Å². The Morgan fingerprint density at radius 2 is 2.05 bits per heavy atom. The van der Waals surface area contributed by atoms with Gasteiger partial charge >= 0.3 is 5.69 Å². The molecule has 0 fully saturated rings. The predicted molar refractivity (Wildman–Crippen MR) is 85.4 cm³/mol. The number of aliphatic hydroxyl groups excluding tert-OH is 1. The molecular formula is C13H18ClN5O3. The van der Waals surface area contributed by atoms with Crippen LogP contribution in [0.15, 0.2) is 20.7 Å². The summed E-state index contributed by atoms with van der Waals surface area (Å²) >= 11 is 5.86. The fourth-order valence-electron chi connectivity index (χ4n) is 2.14. The maximum Gasteiger partial charge on any atom is 0.332 e. The summed E-state index contributed by atoms with van der Waals surface area (Å²) < 4.78 is 3.99. The van der Waals surface area contributed by atoms with Crippen molar-refractivity contribution in [1.29, 1.82) is 0 Å². The second kappa shape index (κ2) is 6.37. The van der Waals surface area contributed by atoms with Crippen LogP contribution in [0.2, 0.25) is 0 Å². The molecule has 8 nitrogen and oxygen atoms in total. The molecule has 120 valence electrons. The van der Waals surface area contributed by atoms with Gasteiger partial charge in [-0.1, -0.05) is 17.7 Å². The van der Waals surface area contributed by atoms with Crippen LogP contribution in [-0.4, -0.2) is 36.9 Å². The van der Waals surface area contributed by atoms with Crippen molar-refractivity contribution >= 4 is 28.7 Å². The topological polar surface area (TPSA) is 94.1 Å². The van der Waals surface area contributed by atoms with Crippen LogP contribution in [0.4, 0.5) is 5.95 Å². The van der Waals surface area contributed by atoms with Gasteiger partial charge in [-0.25, -0.2) is 4.79 Å². The highest BCUT2D eigenvalue weighted by atomic mass is 35.5. The average molecular weight is 328 g/mol. The summed E-state index contributed by atoms with van der Waals surface area (Å²) in [6.07, 6.45) is 1.73. The fraction of sp³-hybridized carbons (Fsp3) is 0.462. The zero-order valence-corrected chi connectivity index (χ0v) is 13.4. The minimum absolute atomic E-state index is 0.0789. The van der Waals surface area contributed by atoms with E-state index in [0.717, 1.165) is 4.57 Å². The van der Waals surface area contributed by atoms with Crippen molar-refractivity contribution in [2.75, 3.05) is 18.5 Å². The number of imidazole rings is 1. The second-order valence-electron chi connectivity index (χ2n) is 4.87. The Labute approximate surface area is 131 Å². The molecule has 22 heavy (non-hydrogen) atoms. The molecule has 0 aliphatic heterocycles. The van der Waals surface area contributed by atoms with Crippen LogP contribution < -0.4 is 16.6 Å². The molecule has 0 bridgehead atoms. The Bertz CT molecular complexity index is 842. The summed E-state index contributed by atoms with van der Waals surface area (Å²) in [6.45, 7) is 2.26. The third kappa shape index (κ3) is 2.79. The normalized spacial score (nSPS) is 12.1. The zero-order valence-electron chi connectivity index (χ0n) is 12.6. The average Bonchev–Trinajstić information content (AvgIpc) is 2.85. The summed E-state index contributed by atoms with van der Waals surface area (Å²) in [6, 6.07) is 0. The van der Waals surface area contributed by atoms with Gasteiger partial charge in [-0.15, -0.1) is 0 Å². The number of aryl methyl sites for hydroxylation is 1. The van der Waals surface area contributed by atoms with Gasteiger partial charge in [0, 0.05) is 32.2 Å². The van der Waals surface area contributed by atoms with E-state index in [1.807, 2.05) is 0 Å². The Hall–Kier alpha value is -2.06. The van der Waals surface area contributed by atoms with E-state index in [1.54, 1.807) is 24.6 Å². The van der Waals surface area contributed by atoms with E-state index in [1.165, 1.54) is 11.6 Å².